The van der Waals surface area contributed by atoms with Gasteiger partial charge in [0.2, 0.25) is 0 Å². The summed E-state index contributed by atoms with van der Waals surface area (Å²) in [5, 5.41) is 1.75. The van der Waals surface area contributed by atoms with Crippen molar-refractivity contribution in [1.29, 1.82) is 0 Å². The molecule has 1 unspecified atom stereocenters. The van der Waals surface area contributed by atoms with Gasteiger partial charge in [0.15, 0.2) is 9.84 Å². The number of halogens is 1. The molecule has 2 heterocycles. The highest BCUT2D eigenvalue weighted by atomic mass is 35.5. The standard InChI is InChI=1S/C17H18ClNO4S2/c1-23-14-5-4-12(18)11-13(14)17(20)19-7-6-16(15-3-2-9-24-15)25(21,22)10-8-19/h2-5,9,11,16H,6-8,10H2,1H3. The number of carbonyl (C=O) groups is 1. The average molecular weight is 400 g/mol. The number of thiophene rings is 1. The van der Waals surface area contributed by atoms with Crippen LogP contribution in [0.3, 0.4) is 0 Å². The molecule has 0 bridgehead atoms. The van der Waals surface area contributed by atoms with E-state index in [1.807, 2.05) is 17.5 Å². The Balaban J connectivity index is 1.86. The lowest BCUT2D eigenvalue weighted by Gasteiger charge is -2.21. The zero-order valence-corrected chi connectivity index (χ0v) is 16.0. The topological polar surface area (TPSA) is 63.7 Å². The molecular formula is C17H18ClNO4S2. The Morgan fingerprint density at radius 3 is 2.80 bits per heavy atom. The summed E-state index contributed by atoms with van der Waals surface area (Å²) in [6, 6.07) is 8.53. The Bertz CT molecular complexity index is 865. The van der Waals surface area contributed by atoms with Crippen LogP contribution in [0.5, 0.6) is 5.75 Å². The number of rotatable bonds is 3. The zero-order valence-electron chi connectivity index (χ0n) is 13.6. The van der Waals surface area contributed by atoms with Crippen LogP contribution in [0.25, 0.3) is 0 Å². The minimum absolute atomic E-state index is 0.0514. The van der Waals surface area contributed by atoms with Crippen molar-refractivity contribution >= 4 is 38.7 Å². The molecule has 1 amide bonds. The summed E-state index contributed by atoms with van der Waals surface area (Å²) in [6.07, 6.45) is 0.386. The van der Waals surface area contributed by atoms with Gasteiger partial charge in [-0.2, -0.15) is 0 Å². The van der Waals surface area contributed by atoms with E-state index in [-0.39, 0.29) is 18.2 Å². The van der Waals surface area contributed by atoms with E-state index in [0.29, 0.717) is 29.3 Å². The van der Waals surface area contributed by atoms with E-state index in [9.17, 15) is 13.2 Å². The quantitative estimate of drug-likeness (QED) is 0.793. The van der Waals surface area contributed by atoms with Gasteiger partial charge in [-0.25, -0.2) is 8.42 Å². The molecule has 0 spiro atoms. The molecule has 1 aromatic carbocycles. The van der Waals surface area contributed by atoms with Gasteiger partial charge in [-0.05, 0) is 36.1 Å². The van der Waals surface area contributed by atoms with Gasteiger partial charge in [0.05, 0.1) is 23.7 Å². The molecule has 5 nitrogen and oxygen atoms in total. The fourth-order valence-corrected chi connectivity index (χ4v) is 6.13. The third kappa shape index (κ3) is 3.83. The zero-order chi connectivity index (χ0) is 18.0. The molecule has 0 N–H and O–H groups in total. The largest absolute Gasteiger partial charge is 0.496 e. The Labute approximate surface area is 156 Å². The monoisotopic (exact) mass is 399 g/mol. The van der Waals surface area contributed by atoms with Crippen molar-refractivity contribution in [2.24, 2.45) is 0 Å². The van der Waals surface area contributed by atoms with Crippen LogP contribution in [0.4, 0.5) is 0 Å². The van der Waals surface area contributed by atoms with Crippen LogP contribution in [0.15, 0.2) is 35.7 Å². The number of hydrogen-bond donors (Lipinski definition) is 0. The molecule has 0 saturated carbocycles. The van der Waals surface area contributed by atoms with Crippen LogP contribution in [0.1, 0.15) is 26.9 Å². The second-order valence-electron chi connectivity index (χ2n) is 5.80. The van der Waals surface area contributed by atoms with Gasteiger partial charge in [-0.3, -0.25) is 4.79 Å². The van der Waals surface area contributed by atoms with Crippen LogP contribution >= 0.6 is 22.9 Å². The van der Waals surface area contributed by atoms with Crippen molar-refractivity contribution in [2.45, 2.75) is 11.7 Å². The molecule has 1 atom stereocenters. The van der Waals surface area contributed by atoms with Crippen molar-refractivity contribution in [1.82, 2.24) is 4.90 Å². The minimum atomic E-state index is -3.30. The molecular weight excluding hydrogens is 382 g/mol. The molecule has 25 heavy (non-hydrogen) atoms. The first-order valence-electron chi connectivity index (χ1n) is 7.80. The highest BCUT2D eigenvalue weighted by Crippen LogP contribution is 2.33. The second kappa shape index (κ2) is 7.35. The lowest BCUT2D eigenvalue weighted by molar-refractivity contribution is 0.0763. The molecule has 2 aromatic rings. The third-order valence-electron chi connectivity index (χ3n) is 4.28. The third-order valence-corrected chi connectivity index (χ3v) is 7.76. The highest BCUT2D eigenvalue weighted by molar-refractivity contribution is 7.91. The summed E-state index contributed by atoms with van der Waals surface area (Å²) < 4.78 is 30.5. The van der Waals surface area contributed by atoms with Gasteiger partial charge >= 0.3 is 0 Å². The summed E-state index contributed by atoms with van der Waals surface area (Å²) in [5.41, 5.74) is 0.349. The SMILES string of the molecule is COc1ccc(Cl)cc1C(=O)N1CCC(c2cccs2)S(=O)(=O)CC1. The van der Waals surface area contributed by atoms with Crippen LogP contribution in [0, 0.1) is 0 Å². The lowest BCUT2D eigenvalue weighted by Crippen LogP contribution is -2.33. The maximum atomic E-state index is 12.9. The first-order chi connectivity index (χ1) is 11.9. The van der Waals surface area contributed by atoms with Crippen LogP contribution in [-0.4, -0.2) is 45.2 Å². The van der Waals surface area contributed by atoms with E-state index in [0.717, 1.165) is 4.88 Å². The molecule has 3 rings (SSSR count). The summed E-state index contributed by atoms with van der Waals surface area (Å²) in [6.45, 7) is 0.537. The Morgan fingerprint density at radius 2 is 2.12 bits per heavy atom. The van der Waals surface area contributed by atoms with E-state index in [2.05, 4.69) is 0 Å². The number of carbonyl (C=O) groups excluding carboxylic acids is 1. The number of ether oxygens (including phenoxy) is 1. The van der Waals surface area contributed by atoms with Gasteiger partial charge in [-0.1, -0.05) is 17.7 Å². The molecule has 134 valence electrons. The van der Waals surface area contributed by atoms with Gasteiger partial charge < -0.3 is 9.64 Å². The Hall–Kier alpha value is -1.57. The van der Waals surface area contributed by atoms with Crippen molar-refractivity contribution < 1.29 is 17.9 Å². The fraction of sp³-hybridized carbons (Fsp3) is 0.353. The number of hydrogen-bond acceptors (Lipinski definition) is 5. The van der Waals surface area contributed by atoms with Crippen LogP contribution in [0.2, 0.25) is 5.02 Å². The molecule has 1 aromatic heterocycles. The molecule has 1 saturated heterocycles. The van der Waals surface area contributed by atoms with Gasteiger partial charge in [0, 0.05) is 23.0 Å². The molecule has 1 aliphatic rings. The van der Waals surface area contributed by atoms with Crippen molar-refractivity contribution in [2.75, 3.05) is 26.0 Å². The smallest absolute Gasteiger partial charge is 0.257 e. The summed E-state index contributed by atoms with van der Waals surface area (Å²) in [5.74, 6) is 0.113. The van der Waals surface area contributed by atoms with E-state index in [4.69, 9.17) is 16.3 Å². The van der Waals surface area contributed by atoms with Crippen molar-refractivity contribution in [3.63, 3.8) is 0 Å². The van der Waals surface area contributed by atoms with E-state index >= 15 is 0 Å². The van der Waals surface area contributed by atoms with Gasteiger partial charge in [0.1, 0.15) is 5.75 Å². The Morgan fingerprint density at radius 1 is 1.32 bits per heavy atom. The van der Waals surface area contributed by atoms with Gasteiger partial charge in [0.25, 0.3) is 5.91 Å². The number of sulfone groups is 1. The molecule has 0 radical (unpaired) electrons. The van der Waals surface area contributed by atoms with Crippen molar-refractivity contribution in [3.05, 3.63) is 51.2 Å². The van der Waals surface area contributed by atoms with Crippen LogP contribution in [-0.2, 0) is 9.84 Å². The predicted molar refractivity (Wildman–Crippen MR) is 99.4 cm³/mol. The number of benzene rings is 1. The normalized spacial score (nSPS) is 20.1. The summed E-state index contributed by atoms with van der Waals surface area (Å²) >= 11 is 7.44. The molecule has 1 fully saturated rings. The highest BCUT2D eigenvalue weighted by Gasteiger charge is 2.34. The first kappa shape index (κ1) is 18.2. The number of amides is 1. The minimum Gasteiger partial charge on any atom is -0.496 e. The molecule has 8 heteroatoms. The second-order valence-corrected chi connectivity index (χ2v) is 9.52. The average Bonchev–Trinajstić information content (AvgIpc) is 3.05. The maximum absolute atomic E-state index is 12.9. The Kier molecular flexibility index (Phi) is 5.36. The number of nitrogens with zero attached hydrogens (tertiary/aromatic N) is 1. The number of methoxy groups -OCH3 is 1. The molecule has 0 aliphatic carbocycles. The van der Waals surface area contributed by atoms with Crippen molar-refractivity contribution in [3.8, 4) is 5.75 Å². The summed E-state index contributed by atoms with van der Waals surface area (Å²) in [7, 11) is -1.81. The first-order valence-corrected chi connectivity index (χ1v) is 10.8. The lowest BCUT2D eigenvalue weighted by atomic mass is 10.1. The van der Waals surface area contributed by atoms with E-state index in [1.165, 1.54) is 18.4 Å². The fourth-order valence-electron chi connectivity index (χ4n) is 2.96. The predicted octanol–water partition coefficient (Wildman–Crippen LogP) is 3.41. The summed E-state index contributed by atoms with van der Waals surface area (Å²) in [4.78, 5) is 15.3. The van der Waals surface area contributed by atoms with Gasteiger partial charge in [-0.15, -0.1) is 11.3 Å². The van der Waals surface area contributed by atoms with Crippen LogP contribution < -0.4 is 4.74 Å². The molecule has 1 aliphatic heterocycles. The maximum Gasteiger partial charge on any atom is 0.257 e. The van der Waals surface area contributed by atoms with E-state index < -0.39 is 15.1 Å². The van der Waals surface area contributed by atoms with E-state index in [1.54, 1.807) is 23.1 Å².